The average Bonchev–Trinajstić information content (AvgIpc) is 2.65. The van der Waals surface area contributed by atoms with E-state index in [-0.39, 0.29) is 17.7 Å². The number of anilines is 1. The molecule has 2 amide bonds. The van der Waals surface area contributed by atoms with Crippen LogP contribution in [0.5, 0.6) is 0 Å². The number of amides is 2. The summed E-state index contributed by atoms with van der Waals surface area (Å²) in [5.41, 5.74) is 2.26. The maximum atomic E-state index is 12.4. The predicted molar refractivity (Wildman–Crippen MR) is 97.7 cm³/mol. The minimum atomic E-state index is -0.0990. The van der Waals surface area contributed by atoms with Crippen LogP contribution in [0.3, 0.4) is 0 Å². The van der Waals surface area contributed by atoms with Crippen LogP contribution in [0.4, 0.5) is 5.69 Å². The molecular weight excluding hydrogens is 338 g/mol. The lowest BCUT2D eigenvalue weighted by molar-refractivity contribution is -0.121. The maximum absolute atomic E-state index is 12.4. The maximum Gasteiger partial charge on any atom is 0.255 e. The third-order valence-electron chi connectivity index (χ3n) is 4.50. The number of nitrogens with one attached hydrogen (secondary N) is 1. The molecule has 0 bridgehead atoms. The lowest BCUT2D eigenvalue weighted by Crippen LogP contribution is -2.41. The zero-order valence-corrected chi connectivity index (χ0v) is 14.8. The molecular formula is C19H20ClN3O2. The average molecular weight is 358 g/mol. The van der Waals surface area contributed by atoms with Gasteiger partial charge in [0, 0.05) is 42.1 Å². The first kappa shape index (κ1) is 17.4. The molecule has 5 nitrogen and oxygen atoms in total. The number of piperidine rings is 1. The van der Waals surface area contributed by atoms with E-state index in [9.17, 15) is 9.59 Å². The van der Waals surface area contributed by atoms with Crippen LogP contribution in [0.1, 0.15) is 28.8 Å². The molecule has 0 unspecified atom stereocenters. The van der Waals surface area contributed by atoms with E-state index in [1.54, 1.807) is 35.5 Å². The first-order valence-corrected chi connectivity index (χ1v) is 8.68. The van der Waals surface area contributed by atoms with E-state index in [0.717, 1.165) is 5.56 Å². The van der Waals surface area contributed by atoms with Crippen molar-refractivity contribution in [2.75, 3.05) is 18.4 Å². The molecule has 1 fully saturated rings. The number of aromatic nitrogens is 1. The van der Waals surface area contributed by atoms with Gasteiger partial charge >= 0.3 is 0 Å². The molecule has 3 rings (SSSR count). The van der Waals surface area contributed by atoms with E-state index in [2.05, 4.69) is 10.3 Å². The Kier molecular flexibility index (Phi) is 5.34. The normalized spacial score (nSPS) is 15.0. The number of nitrogens with zero attached hydrogens (tertiary/aromatic N) is 2. The quantitative estimate of drug-likeness (QED) is 0.913. The standard InChI is InChI=1S/C19H20ClN3O2/c1-13-4-5-16(11-17(13)20)22-18(24)14-6-9-23(10-7-14)19(25)15-3-2-8-21-12-15/h2-5,8,11-12,14H,6-7,9-10H2,1H3,(H,22,24). The SMILES string of the molecule is Cc1ccc(NC(=O)C2CCN(C(=O)c3cccnc3)CC2)cc1Cl. The fourth-order valence-corrected chi connectivity index (χ4v) is 3.11. The molecule has 2 aromatic rings. The summed E-state index contributed by atoms with van der Waals surface area (Å²) in [6.45, 7) is 3.06. The molecule has 0 spiro atoms. The molecule has 2 heterocycles. The van der Waals surface area contributed by atoms with Gasteiger partial charge in [-0.3, -0.25) is 14.6 Å². The highest BCUT2D eigenvalue weighted by Gasteiger charge is 2.28. The number of pyridine rings is 1. The molecule has 130 valence electrons. The highest BCUT2D eigenvalue weighted by atomic mass is 35.5. The van der Waals surface area contributed by atoms with Gasteiger partial charge in [-0.1, -0.05) is 17.7 Å². The third kappa shape index (κ3) is 4.17. The Morgan fingerprint density at radius 1 is 1.24 bits per heavy atom. The van der Waals surface area contributed by atoms with Crippen LogP contribution in [0, 0.1) is 12.8 Å². The molecule has 6 heteroatoms. The van der Waals surface area contributed by atoms with Crippen molar-refractivity contribution in [3.05, 3.63) is 58.9 Å². The molecule has 1 aromatic heterocycles. The number of halogens is 1. The number of hydrogen-bond acceptors (Lipinski definition) is 3. The van der Waals surface area contributed by atoms with E-state index >= 15 is 0 Å². The molecule has 1 N–H and O–H groups in total. The second-order valence-electron chi connectivity index (χ2n) is 6.26. The highest BCUT2D eigenvalue weighted by Crippen LogP contribution is 2.23. The van der Waals surface area contributed by atoms with E-state index in [1.807, 2.05) is 19.1 Å². The van der Waals surface area contributed by atoms with Gasteiger partial charge in [0.05, 0.1) is 5.56 Å². The molecule has 1 aromatic carbocycles. The first-order valence-electron chi connectivity index (χ1n) is 8.31. The summed E-state index contributed by atoms with van der Waals surface area (Å²) in [5, 5.41) is 3.55. The van der Waals surface area contributed by atoms with Gasteiger partial charge in [0.1, 0.15) is 0 Å². The Labute approximate surface area is 152 Å². The number of rotatable bonds is 3. The van der Waals surface area contributed by atoms with Gasteiger partial charge < -0.3 is 10.2 Å². The molecule has 0 saturated carbocycles. The number of hydrogen-bond donors (Lipinski definition) is 1. The zero-order chi connectivity index (χ0) is 17.8. The van der Waals surface area contributed by atoms with Gasteiger partial charge in [-0.05, 0) is 49.6 Å². The Morgan fingerprint density at radius 3 is 2.64 bits per heavy atom. The van der Waals surface area contributed by atoms with Crippen LogP contribution in [-0.4, -0.2) is 34.8 Å². The summed E-state index contributed by atoms with van der Waals surface area (Å²) in [5.74, 6) is -0.149. The van der Waals surface area contributed by atoms with Crippen molar-refractivity contribution in [3.8, 4) is 0 Å². The van der Waals surface area contributed by atoms with Crippen LogP contribution in [-0.2, 0) is 4.79 Å². The monoisotopic (exact) mass is 357 g/mol. The van der Waals surface area contributed by atoms with Crippen molar-refractivity contribution in [2.24, 2.45) is 5.92 Å². The number of carbonyl (C=O) groups is 2. The molecule has 1 aliphatic rings. The van der Waals surface area contributed by atoms with Crippen LogP contribution in [0.25, 0.3) is 0 Å². The van der Waals surface area contributed by atoms with Gasteiger partial charge in [0.25, 0.3) is 5.91 Å². The lowest BCUT2D eigenvalue weighted by Gasteiger charge is -2.31. The summed E-state index contributed by atoms with van der Waals surface area (Å²) in [6.07, 6.45) is 4.52. The van der Waals surface area contributed by atoms with E-state index in [1.165, 1.54) is 0 Å². The molecule has 25 heavy (non-hydrogen) atoms. The molecule has 0 aliphatic carbocycles. The second-order valence-corrected chi connectivity index (χ2v) is 6.67. The smallest absolute Gasteiger partial charge is 0.255 e. The fourth-order valence-electron chi connectivity index (χ4n) is 2.93. The zero-order valence-electron chi connectivity index (χ0n) is 14.0. The van der Waals surface area contributed by atoms with E-state index < -0.39 is 0 Å². The van der Waals surface area contributed by atoms with E-state index in [0.29, 0.717) is 42.2 Å². The van der Waals surface area contributed by atoms with Gasteiger partial charge in [-0.25, -0.2) is 0 Å². The Morgan fingerprint density at radius 2 is 2.00 bits per heavy atom. The highest BCUT2D eigenvalue weighted by molar-refractivity contribution is 6.31. The van der Waals surface area contributed by atoms with Gasteiger partial charge in [0.2, 0.25) is 5.91 Å². The van der Waals surface area contributed by atoms with Crippen molar-refractivity contribution >= 4 is 29.1 Å². The molecule has 1 saturated heterocycles. The first-order chi connectivity index (χ1) is 12.0. The molecule has 1 aliphatic heterocycles. The summed E-state index contributed by atoms with van der Waals surface area (Å²) in [6, 6.07) is 9.00. The minimum absolute atomic E-state index is 0.0200. The Balaban J connectivity index is 1.55. The summed E-state index contributed by atoms with van der Waals surface area (Å²) in [7, 11) is 0. The number of benzene rings is 1. The van der Waals surface area contributed by atoms with Crippen molar-refractivity contribution in [1.29, 1.82) is 0 Å². The van der Waals surface area contributed by atoms with Gasteiger partial charge in [0.15, 0.2) is 0 Å². The van der Waals surface area contributed by atoms with Crippen LogP contribution < -0.4 is 5.32 Å². The summed E-state index contributed by atoms with van der Waals surface area (Å²) in [4.78, 5) is 30.6. The molecule has 0 atom stereocenters. The van der Waals surface area contributed by atoms with Crippen molar-refractivity contribution < 1.29 is 9.59 Å². The van der Waals surface area contributed by atoms with Crippen molar-refractivity contribution in [3.63, 3.8) is 0 Å². The summed E-state index contributed by atoms with van der Waals surface area (Å²) < 4.78 is 0. The number of aryl methyl sites for hydroxylation is 1. The largest absolute Gasteiger partial charge is 0.339 e. The lowest BCUT2D eigenvalue weighted by atomic mass is 9.95. The Bertz CT molecular complexity index is 771. The van der Waals surface area contributed by atoms with Gasteiger partial charge in [-0.2, -0.15) is 0 Å². The Hall–Kier alpha value is -2.40. The van der Waals surface area contributed by atoms with E-state index in [4.69, 9.17) is 11.6 Å². The topological polar surface area (TPSA) is 62.3 Å². The summed E-state index contributed by atoms with van der Waals surface area (Å²) >= 11 is 6.09. The van der Waals surface area contributed by atoms with Crippen molar-refractivity contribution in [1.82, 2.24) is 9.88 Å². The fraction of sp³-hybridized carbons (Fsp3) is 0.316. The predicted octanol–water partition coefficient (Wildman–Crippen LogP) is 3.53. The minimum Gasteiger partial charge on any atom is -0.339 e. The van der Waals surface area contributed by atoms with Gasteiger partial charge in [-0.15, -0.1) is 0 Å². The number of carbonyl (C=O) groups excluding carboxylic acids is 2. The van der Waals surface area contributed by atoms with Crippen molar-refractivity contribution in [2.45, 2.75) is 19.8 Å². The second kappa shape index (κ2) is 7.66. The molecule has 0 radical (unpaired) electrons. The third-order valence-corrected chi connectivity index (χ3v) is 4.91. The number of likely N-dealkylation sites (tertiary alicyclic amines) is 1. The van der Waals surface area contributed by atoms with Crippen LogP contribution in [0.15, 0.2) is 42.7 Å². The van der Waals surface area contributed by atoms with Crippen LogP contribution >= 0.6 is 11.6 Å². The van der Waals surface area contributed by atoms with Crippen LogP contribution in [0.2, 0.25) is 5.02 Å².